The molecule has 5 heteroatoms. The molecule has 15 heavy (non-hydrogen) atoms. The molecule has 2 aliphatic rings. The molecule has 1 fully saturated rings. The predicted octanol–water partition coefficient (Wildman–Crippen LogP) is 1.04. The minimum atomic E-state index is -1.29. The van der Waals surface area contributed by atoms with E-state index in [9.17, 15) is 10.2 Å². The summed E-state index contributed by atoms with van der Waals surface area (Å²) in [6, 6.07) is 0. The lowest BCUT2D eigenvalue weighted by molar-refractivity contribution is -0.179. The number of aliphatic hydroxyl groups excluding tert-OH is 2. The van der Waals surface area contributed by atoms with Gasteiger partial charge < -0.3 is 24.4 Å². The third kappa shape index (κ3) is 1.60. The second kappa shape index (κ2) is 3.66. The number of rotatable bonds is 2. The highest BCUT2D eigenvalue weighted by Gasteiger charge is 2.47. The van der Waals surface area contributed by atoms with Gasteiger partial charge >= 0.3 is 0 Å². The van der Waals surface area contributed by atoms with Gasteiger partial charge in [-0.15, -0.1) is 0 Å². The fourth-order valence-corrected chi connectivity index (χ4v) is 1.87. The van der Waals surface area contributed by atoms with Crippen LogP contribution in [-0.4, -0.2) is 35.0 Å². The van der Waals surface area contributed by atoms with Crippen LogP contribution in [0.25, 0.3) is 0 Å². The van der Waals surface area contributed by atoms with E-state index in [1.807, 2.05) is 13.8 Å². The highest BCUT2D eigenvalue weighted by molar-refractivity contribution is 5.15. The van der Waals surface area contributed by atoms with E-state index in [4.69, 9.17) is 14.2 Å². The maximum Gasteiger partial charge on any atom is 0.217 e. The van der Waals surface area contributed by atoms with Crippen LogP contribution in [0.3, 0.4) is 0 Å². The van der Waals surface area contributed by atoms with E-state index in [0.717, 1.165) is 0 Å². The predicted molar refractivity (Wildman–Crippen MR) is 50.9 cm³/mol. The number of hydrogen-bond acceptors (Lipinski definition) is 5. The summed E-state index contributed by atoms with van der Waals surface area (Å²) >= 11 is 0. The van der Waals surface area contributed by atoms with Crippen molar-refractivity contribution in [2.24, 2.45) is 0 Å². The Bertz CT molecular complexity index is 282. The first kappa shape index (κ1) is 10.7. The number of hydrogen-bond donors (Lipinski definition) is 2. The molecule has 0 spiro atoms. The van der Waals surface area contributed by atoms with Crippen molar-refractivity contribution in [1.29, 1.82) is 0 Å². The van der Waals surface area contributed by atoms with Gasteiger partial charge in [0.2, 0.25) is 12.1 Å². The summed E-state index contributed by atoms with van der Waals surface area (Å²) in [5.74, 6) is -0.631. The fourth-order valence-electron chi connectivity index (χ4n) is 1.87. The minimum absolute atomic E-state index is 0.211. The zero-order valence-corrected chi connectivity index (χ0v) is 8.90. The summed E-state index contributed by atoms with van der Waals surface area (Å²) in [5.41, 5.74) is 0. The van der Waals surface area contributed by atoms with E-state index in [1.165, 1.54) is 0 Å². The largest absolute Gasteiger partial charge is 0.505 e. The van der Waals surface area contributed by atoms with Crippen molar-refractivity contribution in [3.05, 3.63) is 11.5 Å². The summed E-state index contributed by atoms with van der Waals surface area (Å²) < 4.78 is 16.2. The van der Waals surface area contributed by atoms with Gasteiger partial charge in [0.25, 0.3) is 0 Å². The van der Waals surface area contributed by atoms with Gasteiger partial charge in [0.05, 0.1) is 6.61 Å². The quantitative estimate of drug-likeness (QED) is 0.721. The van der Waals surface area contributed by atoms with Gasteiger partial charge in [-0.05, 0) is 0 Å². The SMILES string of the molecule is CCC1(CC)OC2=C(O)C(O)OCC2O1. The molecule has 0 aromatic heterocycles. The maximum atomic E-state index is 9.57. The molecule has 0 saturated carbocycles. The molecule has 0 bridgehead atoms. The first-order chi connectivity index (χ1) is 7.12. The monoisotopic (exact) mass is 216 g/mol. The standard InChI is InChI=1S/C10H16O5/c1-3-10(4-2)14-6-5-13-9(12)7(11)8(6)15-10/h6,9,11-12H,3-5H2,1-2H3. The number of aliphatic hydroxyl groups is 2. The topological polar surface area (TPSA) is 68.2 Å². The highest BCUT2D eigenvalue weighted by atomic mass is 16.8. The maximum absolute atomic E-state index is 9.57. The molecule has 2 N–H and O–H groups in total. The molecule has 5 nitrogen and oxygen atoms in total. The molecule has 0 aromatic carbocycles. The molecule has 2 atom stereocenters. The van der Waals surface area contributed by atoms with Gasteiger partial charge in [-0.3, -0.25) is 0 Å². The third-order valence-corrected chi connectivity index (χ3v) is 2.91. The average Bonchev–Trinajstić information content (AvgIpc) is 2.64. The van der Waals surface area contributed by atoms with Crippen molar-refractivity contribution in [3.63, 3.8) is 0 Å². The summed E-state index contributed by atoms with van der Waals surface area (Å²) in [6.45, 7) is 4.12. The van der Waals surface area contributed by atoms with Crippen molar-refractivity contribution in [2.75, 3.05) is 6.61 Å². The van der Waals surface area contributed by atoms with E-state index >= 15 is 0 Å². The van der Waals surface area contributed by atoms with Crippen LogP contribution in [0.4, 0.5) is 0 Å². The Labute approximate surface area is 88.3 Å². The van der Waals surface area contributed by atoms with Gasteiger partial charge in [-0.2, -0.15) is 0 Å². The lowest BCUT2D eigenvalue weighted by Gasteiger charge is -2.24. The smallest absolute Gasteiger partial charge is 0.217 e. The Morgan fingerprint density at radius 3 is 2.67 bits per heavy atom. The number of ether oxygens (including phenoxy) is 3. The minimum Gasteiger partial charge on any atom is -0.505 e. The first-order valence-electron chi connectivity index (χ1n) is 5.21. The van der Waals surface area contributed by atoms with Crippen LogP contribution in [-0.2, 0) is 14.2 Å². The summed E-state index contributed by atoms with van der Waals surface area (Å²) in [5, 5.41) is 18.8. The van der Waals surface area contributed by atoms with Crippen LogP contribution in [0, 0.1) is 0 Å². The Kier molecular flexibility index (Phi) is 2.62. The molecule has 0 radical (unpaired) electrons. The molecule has 2 unspecified atom stereocenters. The van der Waals surface area contributed by atoms with Crippen molar-refractivity contribution in [3.8, 4) is 0 Å². The van der Waals surface area contributed by atoms with Crippen LogP contribution in [0.1, 0.15) is 26.7 Å². The van der Waals surface area contributed by atoms with E-state index in [0.29, 0.717) is 18.6 Å². The highest BCUT2D eigenvalue weighted by Crippen LogP contribution is 2.40. The molecule has 86 valence electrons. The average molecular weight is 216 g/mol. The normalized spacial score (nSPS) is 33.8. The fraction of sp³-hybridized carbons (Fsp3) is 0.800. The van der Waals surface area contributed by atoms with Gasteiger partial charge in [-0.1, -0.05) is 13.8 Å². The Hall–Kier alpha value is -0.780. The molecule has 2 heterocycles. The van der Waals surface area contributed by atoms with Crippen molar-refractivity contribution >= 4 is 0 Å². The van der Waals surface area contributed by atoms with Gasteiger partial charge in [0.15, 0.2) is 11.5 Å². The second-order valence-electron chi connectivity index (χ2n) is 3.76. The lowest BCUT2D eigenvalue weighted by Crippen LogP contribution is -2.32. The zero-order valence-electron chi connectivity index (χ0n) is 8.90. The molecule has 2 aliphatic heterocycles. The third-order valence-electron chi connectivity index (χ3n) is 2.91. The summed E-state index contributed by atoms with van der Waals surface area (Å²) in [4.78, 5) is 0. The Morgan fingerprint density at radius 2 is 2.07 bits per heavy atom. The summed E-state index contributed by atoms with van der Waals surface area (Å²) in [6.07, 6.45) is -0.308. The number of fused-ring (bicyclic) bond motifs is 1. The Morgan fingerprint density at radius 1 is 1.40 bits per heavy atom. The van der Waals surface area contributed by atoms with Gasteiger partial charge in [-0.25, -0.2) is 0 Å². The molecule has 0 amide bonds. The van der Waals surface area contributed by atoms with Gasteiger partial charge in [0, 0.05) is 12.8 Å². The molecular formula is C10H16O5. The second-order valence-corrected chi connectivity index (χ2v) is 3.76. The summed E-state index contributed by atoms with van der Waals surface area (Å²) in [7, 11) is 0. The Balaban J connectivity index is 2.26. The molecule has 0 aliphatic carbocycles. The van der Waals surface area contributed by atoms with Crippen LogP contribution >= 0.6 is 0 Å². The lowest BCUT2D eigenvalue weighted by atomic mass is 10.1. The van der Waals surface area contributed by atoms with Crippen molar-refractivity contribution in [2.45, 2.75) is 44.9 Å². The van der Waals surface area contributed by atoms with Crippen LogP contribution in [0.2, 0.25) is 0 Å². The van der Waals surface area contributed by atoms with E-state index in [2.05, 4.69) is 0 Å². The van der Waals surface area contributed by atoms with E-state index < -0.39 is 18.2 Å². The van der Waals surface area contributed by atoms with Crippen LogP contribution < -0.4 is 0 Å². The van der Waals surface area contributed by atoms with Crippen LogP contribution in [0.5, 0.6) is 0 Å². The van der Waals surface area contributed by atoms with E-state index in [1.54, 1.807) is 0 Å². The first-order valence-corrected chi connectivity index (χ1v) is 5.21. The van der Waals surface area contributed by atoms with E-state index in [-0.39, 0.29) is 12.4 Å². The van der Waals surface area contributed by atoms with Crippen molar-refractivity contribution < 1.29 is 24.4 Å². The molecule has 1 saturated heterocycles. The molecular weight excluding hydrogens is 200 g/mol. The van der Waals surface area contributed by atoms with Gasteiger partial charge in [0.1, 0.15) is 6.10 Å². The molecule has 2 rings (SSSR count). The zero-order chi connectivity index (χ0) is 11.1. The molecule has 0 aromatic rings. The van der Waals surface area contributed by atoms with Crippen LogP contribution in [0.15, 0.2) is 11.5 Å². The van der Waals surface area contributed by atoms with Crippen molar-refractivity contribution in [1.82, 2.24) is 0 Å².